The fraction of sp³-hybridized carbons (Fsp3) is 0.636. The molecule has 0 saturated heterocycles. The van der Waals surface area contributed by atoms with Gasteiger partial charge in [-0.15, -0.1) is 0 Å². The Morgan fingerprint density at radius 3 is 2.93 bits per heavy atom. The molecule has 0 radical (unpaired) electrons. The van der Waals surface area contributed by atoms with Gasteiger partial charge in [0, 0.05) is 18.4 Å². The lowest BCUT2D eigenvalue weighted by atomic mass is 10.00. The minimum Gasteiger partial charge on any atom is -0.363 e. The third-order valence-electron chi connectivity index (χ3n) is 3.18. The molecule has 2 N–H and O–H groups in total. The first-order valence-electron chi connectivity index (χ1n) is 5.57. The van der Waals surface area contributed by atoms with E-state index in [0.717, 1.165) is 0 Å². The van der Waals surface area contributed by atoms with Crippen molar-refractivity contribution < 1.29 is 0 Å². The highest BCUT2D eigenvalue weighted by Gasteiger charge is 2.21. The Labute approximate surface area is 89.1 Å². The van der Waals surface area contributed by atoms with Crippen LogP contribution in [0.1, 0.15) is 32.6 Å². The minimum absolute atomic E-state index is 0.137. The van der Waals surface area contributed by atoms with E-state index < -0.39 is 0 Å². The third-order valence-corrected chi connectivity index (χ3v) is 3.18. The van der Waals surface area contributed by atoms with E-state index in [9.17, 15) is 4.79 Å². The molecule has 4 heteroatoms. The van der Waals surface area contributed by atoms with Crippen molar-refractivity contribution in [3.63, 3.8) is 0 Å². The van der Waals surface area contributed by atoms with Gasteiger partial charge in [-0.1, -0.05) is 12.8 Å². The van der Waals surface area contributed by atoms with E-state index >= 15 is 0 Å². The molecule has 1 aliphatic rings. The Kier molecular flexibility index (Phi) is 3.04. The molecule has 82 valence electrons. The van der Waals surface area contributed by atoms with Crippen LogP contribution in [0.2, 0.25) is 0 Å². The summed E-state index contributed by atoms with van der Waals surface area (Å²) < 4.78 is 0. The van der Waals surface area contributed by atoms with Gasteiger partial charge in [-0.25, -0.2) is 4.98 Å². The number of aromatic nitrogens is 2. The summed E-state index contributed by atoms with van der Waals surface area (Å²) in [6, 6.07) is 0.337. The van der Waals surface area contributed by atoms with Gasteiger partial charge >= 0.3 is 0 Å². The van der Waals surface area contributed by atoms with Gasteiger partial charge in [0.15, 0.2) is 5.82 Å². The van der Waals surface area contributed by atoms with Crippen molar-refractivity contribution in [2.24, 2.45) is 5.92 Å². The lowest BCUT2D eigenvalue weighted by molar-refractivity contribution is 0.480. The molecule has 1 aliphatic carbocycles. The molecule has 0 amide bonds. The fourth-order valence-electron chi connectivity index (χ4n) is 2.25. The van der Waals surface area contributed by atoms with Crippen LogP contribution in [0, 0.1) is 5.92 Å². The summed E-state index contributed by atoms with van der Waals surface area (Å²) in [5, 5.41) is 3.20. The van der Waals surface area contributed by atoms with Crippen molar-refractivity contribution in [2.75, 3.05) is 5.32 Å². The van der Waals surface area contributed by atoms with Gasteiger partial charge in [0.1, 0.15) is 0 Å². The Bertz CT molecular complexity index is 368. The number of hydrogen-bond acceptors (Lipinski definition) is 3. The van der Waals surface area contributed by atoms with Gasteiger partial charge in [0.05, 0.1) is 0 Å². The average molecular weight is 207 g/mol. The van der Waals surface area contributed by atoms with Gasteiger partial charge < -0.3 is 10.3 Å². The number of nitrogens with one attached hydrogen (secondary N) is 2. The average Bonchev–Trinajstić information content (AvgIpc) is 2.74. The summed E-state index contributed by atoms with van der Waals surface area (Å²) in [6.45, 7) is 2.13. The first-order chi connectivity index (χ1) is 7.27. The minimum atomic E-state index is -0.137. The molecule has 1 saturated carbocycles. The Morgan fingerprint density at radius 1 is 1.53 bits per heavy atom. The zero-order valence-corrected chi connectivity index (χ0v) is 8.99. The molecule has 4 nitrogen and oxygen atoms in total. The molecule has 1 aromatic rings. The van der Waals surface area contributed by atoms with Crippen LogP contribution < -0.4 is 10.9 Å². The van der Waals surface area contributed by atoms with Crippen LogP contribution in [0.5, 0.6) is 0 Å². The van der Waals surface area contributed by atoms with E-state index in [4.69, 9.17) is 0 Å². The van der Waals surface area contributed by atoms with Crippen LogP contribution in [0.3, 0.4) is 0 Å². The molecular formula is C11H17N3O. The largest absolute Gasteiger partial charge is 0.363 e. The van der Waals surface area contributed by atoms with Crippen LogP contribution in [0.15, 0.2) is 17.2 Å². The number of aromatic amines is 1. The van der Waals surface area contributed by atoms with E-state index in [1.165, 1.54) is 25.7 Å². The van der Waals surface area contributed by atoms with Gasteiger partial charge in [0.25, 0.3) is 5.56 Å². The van der Waals surface area contributed by atoms with Crippen LogP contribution in [0.4, 0.5) is 5.82 Å². The van der Waals surface area contributed by atoms with E-state index in [0.29, 0.717) is 17.8 Å². The fourth-order valence-corrected chi connectivity index (χ4v) is 2.25. The van der Waals surface area contributed by atoms with Crippen molar-refractivity contribution in [2.45, 2.75) is 38.6 Å². The van der Waals surface area contributed by atoms with E-state index in [-0.39, 0.29) is 5.56 Å². The summed E-state index contributed by atoms with van der Waals surface area (Å²) in [4.78, 5) is 18.0. The lowest BCUT2D eigenvalue weighted by Crippen LogP contribution is -2.28. The van der Waals surface area contributed by atoms with Gasteiger partial charge in [-0.3, -0.25) is 4.79 Å². The van der Waals surface area contributed by atoms with Crippen molar-refractivity contribution >= 4 is 5.82 Å². The van der Waals surface area contributed by atoms with Crippen LogP contribution in [0.25, 0.3) is 0 Å². The Balaban J connectivity index is 2.02. The summed E-state index contributed by atoms with van der Waals surface area (Å²) in [5.41, 5.74) is -0.137. The third kappa shape index (κ3) is 2.37. The van der Waals surface area contributed by atoms with E-state index in [1.54, 1.807) is 12.4 Å². The van der Waals surface area contributed by atoms with Gasteiger partial charge in [-0.05, 0) is 25.7 Å². The summed E-state index contributed by atoms with van der Waals surface area (Å²) in [6.07, 6.45) is 8.31. The number of anilines is 1. The summed E-state index contributed by atoms with van der Waals surface area (Å²) >= 11 is 0. The molecule has 1 aromatic heterocycles. The van der Waals surface area contributed by atoms with E-state index in [2.05, 4.69) is 22.2 Å². The molecule has 1 atom stereocenters. The predicted octanol–water partition coefficient (Wildman–Crippen LogP) is 1.76. The van der Waals surface area contributed by atoms with Crippen molar-refractivity contribution in [1.29, 1.82) is 0 Å². The summed E-state index contributed by atoms with van der Waals surface area (Å²) in [5.74, 6) is 1.13. The second-order valence-corrected chi connectivity index (χ2v) is 4.24. The molecule has 1 unspecified atom stereocenters. The molecule has 0 aliphatic heterocycles. The zero-order chi connectivity index (χ0) is 10.7. The normalized spacial score (nSPS) is 19.0. The molecular weight excluding hydrogens is 190 g/mol. The molecule has 0 aromatic carbocycles. The quantitative estimate of drug-likeness (QED) is 0.794. The highest BCUT2D eigenvalue weighted by atomic mass is 16.1. The Morgan fingerprint density at radius 2 is 2.27 bits per heavy atom. The predicted molar refractivity (Wildman–Crippen MR) is 59.9 cm³/mol. The lowest BCUT2D eigenvalue weighted by Gasteiger charge is -2.20. The smallest absolute Gasteiger partial charge is 0.290 e. The van der Waals surface area contributed by atoms with Crippen molar-refractivity contribution in [3.05, 3.63) is 22.7 Å². The van der Waals surface area contributed by atoms with Gasteiger partial charge in [-0.2, -0.15) is 0 Å². The van der Waals surface area contributed by atoms with Crippen LogP contribution in [-0.4, -0.2) is 16.0 Å². The molecule has 1 heterocycles. The standard InChI is InChI=1S/C11H17N3O/c1-8(9-4-2-3-5-9)14-10-11(15)13-7-6-12-10/h6-9H,2-5H2,1H3,(H,12,14)(H,13,15). The first-order valence-corrected chi connectivity index (χ1v) is 5.57. The number of H-pyrrole nitrogens is 1. The van der Waals surface area contributed by atoms with Gasteiger partial charge in [0.2, 0.25) is 0 Å². The maximum atomic E-state index is 11.4. The van der Waals surface area contributed by atoms with Crippen molar-refractivity contribution in [1.82, 2.24) is 9.97 Å². The number of hydrogen-bond donors (Lipinski definition) is 2. The van der Waals surface area contributed by atoms with Crippen LogP contribution >= 0.6 is 0 Å². The topological polar surface area (TPSA) is 57.8 Å². The maximum Gasteiger partial charge on any atom is 0.290 e. The Hall–Kier alpha value is -1.32. The van der Waals surface area contributed by atoms with Crippen molar-refractivity contribution in [3.8, 4) is 0 Å². The highest BCUT2D eigenvalue weighted by Crippen LogP contribution is 2.28. The highest BCUT2D eigenvalue weighted by molar-refractivity contribution is 5.31. The monoisotopic (exact) mass is 207 g/mol. The van der Waals surface area contributed by atoms with Crippen LogP contribution in [-0.2, 0) is 0 Å². The SMILES string of the molecule is CC(Nc1ncc[nH]c1=O)C1CCCC1. The molecule has 0 bridgehead atoms. The molecule has 1 fully saturated rings. The number of nitrogens with zero attached hydrogens (tertiary/aromatic N) is 1. The maximum absolute atomic E-state index is 11.4. The zero-order valence-electron chi connectivity index (χ0n) is 8.99. The second kappa shape index (κ2) is 4.47. The molecule has 2 rings (SSSR count). The van der Waals surface area contributed by atoms with E-state index in [1.807, 2.05) is 0 Å². The number of rotatable bonds is 3. The second-order valence-electron chi connectivity index (χ2n) is 4.24. The molecule has 15 heavy (non-hydrogen) atoms. The summed E-state index contributed by atoms with van der Waals surface area (Å²) in [7, 11) is 0. The first kappa shape index (κ1) is 10.2. The molecule has 0 spiro atoms.